The molecule has 1 aliphatic heterocycles. The molecule has 0 saturated carbocycles. The highest BCUT2D eigenvalue weighted by atomic mass is 35.5. The van der Waals surface area contributed by atoms with Crippen LogP contribution in [0, 0.1) is 5.92 Å². The van der Waals surface area contributed by atoms with E-state index in [1.807, 2.05) is 4.90 Å². The minimum absolute atomic E-state index is 0.0445. The fourth-order valence-electron chi connectivity index (χ4n) is 2.32. The highest BCUT2D eigenvalue weighted by Gasteiger charge is 2.23. The molecule has 17 heavy (non-hydrogen) atoms. The molecule has 0 atom stereocenters. The van der Waals surface area contributed by atoms with E-state index in [1.165, 1.54) is 0 Å². The van der Waals surface area contributed by atoms with Crippen LogP contribution in [0.2, 0.25) is 5.02 Å². The van der Waals surface area contributed by atoms with E-state index in [2.05, 4.69) is 4.98 Å². The lowest BCUT2D eigenvalue weighted by atomic mass is 9.93. The number of hydrogen-bond donors (Lipinski definition) is 2. The van der Waals surface area contributed by atoms with Crippen LogP contribution < -0.4 is 5.73 Å². The monoisotopic (exact) mass is 255 g/mol. The van der Waals surface area contributed by atoms with Gasteiger partial charge in [0.25, 0.3) is 5.91 Å². The summed E-state index contributed by atoms with van der Waals surface area (Å²) in [4.78, 5) is 16.9. The Hall–Kier alpha value is -1.00. The Morgan fingerprint density at radius 1 is 1.53 bits per heavy atom. The predicted octanol–water partition coefficient (Wildman–Crippen LogP) is 1.87. The van der Waals surface area contributed by atoms with Crippen molar-refractivity contribution in [2.75, 3.05) is 19.6 Å². The van der Waals surface area contributed by atoms with E-state index in [-0.39, 0.29) is 5.91 Å². The minimum atomic E-state index is 0.0445. The highest BCUT2D eigenvalue weighted by molar-refractivity contribution is 6.30. The van der Waals surface area contributed by atoms with Crippen molar-refractivity contribution in [2.45, 2.75) is 19.3 Å². The van der Waals surface area contributed by atoms with Crippen molar-refractivity contribution in [2.24, 2.45) is 11.7 Å². The molecule has 2 rings (SSSR count). The SMILES string of the molecule is NCCC1CCN(C(=O)c2cc(Cl)c[nH]2)CC1. The maximum absolute atomic E-state index is 12.1. The average molecular weight is 256 g/mol. The molecule has 3 N–H and O–H groups in total. The van der Waals surface area contributed by atoms with Crippen LogP contribution in [0.1, 0.15) is 29.8 Å². The number of hydrogen-bond acceptors (Lipinski definition) is 2. The molecule has 0 aromatic carbocycles. The zero-order chi connectivity index (χ0) is 12.3. The van der Waals surface area contributed by atoms with Gasteiger partial charge in [0.05, 0.1) is 5.02 Å². The van der Waals surface area contributed by atoms with Gasteiger partial charge in [0, 0.05) is 19.3 Å². The van der Waals surface area contributed by atoms with Gasteiger partial charge >= 0.3 is 0 Å². The van der Waals surface area contributed by atoms with Crippen molar-refractivity contribution in [1.82, 2.24) is 9.88 Å². The minimum Gasteiger partial charge on any atom is -0.356 e. The third-order valence-electron chi connectivity index (χ3n) is 3.35. The first-order valence-electron chi connectivity index (χ1n) is 6.04. The van der Waals surface area contributed by atoms with Gasteiger partial charge in [-0.2, -0.15) is 0 Å². The summed E-state index contributed by atoms with van der Waals surface area (Å²) < 4.78 is 0. The summed E-state index contributed by atoms with van der Waals surface area (Å²) >= 11 is 5.79. The summed E-state index contributed by atoms with van der Waals surface area (Å²) in [6.45, 7) is 2.38. The zero-order valence-corrected chi connectivity index (χ0v) is 10.5. The van der Waals surface area contributed by atoms with E-state index in [0.29, 0.717) is 16.6 Å². The zero-order valence-electron chi connectivity index (χ0n) is 9.79. The molecule has 1 aromatic rings. The summed E-state index contributed by atoms with van der Waals surface area (Å²) in [6, 6.07) is 1.68. The number of rotatable bonds is 3. The third kappa shape index (κ3) is 3.01. The summed E-state index contributed by atoms with van der Waals surface area (Å²) in [5.74, 6) is 0.722. The number of aromatic amines is 1. The fraction of sp³-hybridized carbons (Fsp3) is 0.583. The molecule has 1 saturated heterocycles. The molecule has 94 valence electrons. The van der Waals surface area contributed by atoms with Crippen LogP contribution in [0.25, 0.3) is 0 Å². The van der Waals surface area contributed by atoms with Gasteiger partial charge in [0.2, 0.25) is 0 Å². The Labute approximate surface area is 106 Å². The number of H-pyrrole nitrogens is 1. The molecule has 1 amide bonds. The lowest BCUT2D eigenvalue weighted by Gasteiger charge is -2.31. The van der Waals surface area contributed by atoms with Gasteiger partial charge in [-0.1, -0.05) is 11.6 Å². The number of amides is 1. The van der Waals surface area contributed by atoms with Crippen LogP contribution in [-0.2, 0) is 0 Å². The van der Waals surface area contributed by atoms with Crippen molar-refractivity contribution in [3.05, 3.63) is 23.0 Å². The molecule has 1 aromatic heterocycles. The first kappa shape index (κ1) is 12.5. The average Bonchev–Trinajstić information content (AvgIpc) is 2.76. The molecule has 1 fully saturated rings. The Kier molecular flexibility index (Phi) is 4.07. The number of likely N-dealkylation sites (tertiary alicyclic amines) is 1. The summed E-state index contributed by atoms with van der Waals surface area (Å²) in [5.41, 5.74) is 6.12. The van der Waals surface area contributed by atoms with Gasteiger partial charge in [-0.25, -0.2) is 0 Å². The number of nitrogens with two attached hydrogens (primary N) is 1. The number of nitrogens with one attached hydrogen (secondary N) is 1. The molecule has 0 radical (unpaired) electrons. The van der Waals surface area contributed by atoms with Crippen LogP contribution >= 0.6 is 11.6 Å². The number of halogens is 1. The van der Waals surface area contributed by atoms with Gasteiger partial charge < -0.3 is 15.6 Å². The second-order valence-electron chi connectivity index (χ2n) is 4.54. The first-order valence-corrected chi connectivity index (χ1v) is 6.41. The van der Waals surface area contributed by atoms with E-state index in [1.54, 1.807) is 12.3 Å². The number of aromatic nitrogens is 1. The van der Waals surface area contributed by atoms with Crippen molar-refractivity contribution in [3.63, 3.8) is 0 Å². The second-order valence-corrected chi connectivity index (χ2v) is 4.98. The maximum Gasteiger partial charge on any atom is 0.270 e. The summed E-state index contributed by atoms with van der Waals surface area (Å²) in [5, 5.41) is 0.575. The second kappa shape index (κ2) is 5.56. The van der Waals surface area contributed by atoms with E-state index < -0.39 is 0 Å². The largest absolute Gasteiger partial charge is 0.356 e. The lowest BCUT2D eigenvalue weighted by molar-refractivity contribution is 0.0682. The number of carbonyl (C=O) groups excluding carboxylic acids is 1. The fourth-order valence-corrected chi connectivity index (χ4v) is 2.49. The smallest absolute Gasteiger partial charge is 0.270 e. The Morgan fingerprint density at radius 2 is 2.24 bits per heavy atom. The van der Waals surface area contributed by atoms with Crippen molar-refractivity contribution in [3.8, 4) is 0 Å². The molecule has 0 spiro atoms. The number of carbonyl (C=O) groups is 1. The molecule has 0 unspecified atom stereocenters. The Bertz CT molecular complexity index is 383. The Balaban J connectivity index is 1.90. The van der Waals surface area contributed by atoms with Gasteiger partial charge in [0.15, 0.2) is 0 Å². The summed E-state index contributed by atoms with van der Waals surface area (Å²) in [7, 11) is 0. The van der Waals surface area contributed by atoms with E-state index in [4.69, 9.17) is 17.3 Å². The Morgan fingerprint density at radius 3 is 2.76 bits per heavy atom. The van der Waals surface area contributed by atoms with Crippen LogP contribution in [0.5, 0.6) is 0 Å². The molecule has 0 bridgehead atoms. The molecule has 2 heterocycles. The van der Waals surface area contributed by atoms with Crippen LogP contribution in [0.4, 0.5) is 0 Å². The molecular formula is C12H18ClN3O. The van der Waals surface area contributed by atoms with Gasteiger partial charge in [0.1, 0.15) is 5.69 Å². The van der Waals surface area contributed by atoms with Gasteiger partial charge in [-0.15, -0.1) is 0 Å². The van der Waals surface area contributed by atoms with Crippen molar-refractivity contribution >= 4 is 17.5 Å². The van der Waals surface area contributed by atoms with E-state index >= 15 is 0 Å². The van der Waals surface area contributed by atoms with Crippen LogP contribution in [0.3, 0.4) is 0 Å². The van der Waals surface area contributed by atoms with Crippen molar-refractivity contribution in [1.29, 1.82) is 0 Å². The van der Waals surface area contributed by atoms with E-state index in [9.17, 15) is 4.79 Å². The topological polar surface area (TPSA) is 62.1 Å². The predicted molar refractivity (Wildman–Crippen MR) is 68.1 cm³/mol. The number of nitrogens with zero attached hydrogens (tertiary/aromatic N) is 1. The molecule has 4 nitrogen and oxygen atoms in total. The van der Waals surface area contributed by atoms with Crippen LogP contribution in [0.15, 0.2) is 12.3 Å². The highest BCUT2D eigenvalue weighted by Crippen LogP contribution is 2.21. The summed E-state index contributed by atoms with van der Waals surface area (Å²) in [6.07, 6.45) is 4.81. The molecule has 1 aliphatic rings. The molecule has 0 aliphatic carbocycles. The van der Waals surface area contributed by atoms with Gasteiger partial charge in [-0.05, 0) is 37.8 Å². The molecular weight excluding hydrogens is 238 g/mol. The maximum atomic E-state index is 12.1. The molecule has 5 heteroatoms. The number of piperidine rings is 1. The van der Waals surface area contributed by atoms with Gasteiger partial charge in [-0.3, -0.25) is 4.79 Å². The first-order chi connectivity index (χ1) is 8.20. The third-order valence-corrected chi connectivity index (χ3v) is 3.57. The lowest BCUT2D eigenvalue weighted by Crippen LogP contribution is -2.39. The quantitative estimate of drug-likeness (QED) is 0.866. The van der Waals surface area contributed by atoms with Crippen molar-refractivity contribution < 1.29 is 4.79 Å². The normalized spacial score (nSPS) is 17.4. The standard InChI is InChI=1S/C12H18ClN3O/c13-10-7-11(15-8-10)12(17)16-5-2-9(1-4-14)3-6-16/h7-9,15H,1-6,14H2. The van der Waals surface area contributed by atoms with E-state index in [0.717, 1.165) is 38.9 Å². The van der Waals surface area contributed by atoms with Crippen LogP contribution in [-0.4, -0.2) is 35.4 Å².